The zero-order valence-electron chi connectivity index (χ0n) is 17.8. The van der Waals surface area contributed by atoms with E-state index in [1.54, 1.807) is 31.2 Å². The van der Waals surface area contributed by atoms with Crippen molar-refractivity contribution < 1.29 is 17.9 Å². The number of benzene rings is 2. The Labute approximate surface area is 179 Å². The van der Waals surface area contributed by atoms with E-state index in [4.69, 9.17) is 4.74 Å². The molecule has 1 aliphatic heterocycles. The van der Waals surface area contributed by atoms with Crippen LogP contribution in [-0.4, -0.2) is 37.8 Å². The van der Waals surface area contributed by atoms with Crippen LogP contribution < -0.4 is 10.1 Å². The van der Waals surface area contributed by atoms with E-state index in [0.29, 0.717) is 36.2 Å². The summed E-state index contributed by atoms with van der Waals surface area (Å²) in [7, 11) is -3.42. The second-order valence-corrected chi connectivity index (χ2v) is 9.86. The van der Waals surface area contributed by atoms with Gasteiger partial charge in [0.25, 0.3) is 5.91 Å². The minimum Gasteiger partial charge on any atom is -0.481 e. The molecule has 1 N–H and O–H groups in total. The van der Waals surface area contributed by atoms with Crippen LogP contribution in [0.25, 0.3) is 0 Å². The van der Waals surface area contributed by atoms with Crippen molar-refractivity contribution in [2.75, 3.05) is 13.1 Å². The Morgan fingerprint density at radius 2 is 1.67 bits per heavy atom. The maximum Gasteiger partial charge on any atom is 0.261 e. The smallest absolute Gasteiger partial charge is 0.261 e. The van der Waals surface area contributed by atoms with Crippen LogP contribution in [0.3, 0.4) is 0 Å². The van der Waals surface area contributed by atoms with Gasteiger partial charge in [-0.2, -0.15) is 4.31 Å². The molecule has 2 aromatic rings. The van der Waals surface area contributed by atoms with Crippen molar-refractivity contribution in [3.05, 3.63) is 59.7 Å². The van der Waals surface area contributed by atoms with Crippen molar-refractivity contribution in [1.29, 1.82) is 0 Å². The molecule has 0 saturated carbocycles. The summed E-state index contributed by atoms with van der Waals surface area (Å²) < 4.78 is 32.6. The molecule has 0 spiro atoms. The molecular weight excluding hydrogens is 400 g/mol. The highest BCUT2D eigenvalue weighted by Gasteiger charge is 2.27. The zero-order valence-corrected chi connectivity index (χ0v) is 18.6. The van der Waals surface area contributed by atoms with Gasteiger partial charge in [0.1, 0.15) is 5.75 Å². The first kappa shape index (κ1) is 22.3. The quantitative estimate of drug-likeness (QED) is 0.693. The first-order chi connectivity index (χ1) is 14.3. The Morgan fingerprint density at radius 3 is 2.30 bits per heavy atom. The first-order valence-electron chi connectivity index (χ1n) is 10.4. The van der Waals surface area contributed by atoms with Crippen LogP contribution in [0.4, 0.5) is 0 Å². The Bertz CT molecular complexity index is 965. The number of sulfonamides is 1. The normalized spacial score (nSPS) is 15.9. The first-order valence-corrected chi connectivity index (χ1v) is 11.9. The lowest BCUT2D eigenvalue weighted by molar-refractivity contribution is -0.127. The molecule has 1 saturated heterocycles. The van der Waals surface area contributed by atoms with Crippen LogP contribution in [-0.2, 0) is 21.4 Å². The number of ether oxygens (including phenoxy) is 1. The van der Waals surface area contributed by atoms with Gasteiger partial charge < -0.3 is 10.1 Å². The molecule has 162 valence electrons. The monoisotopic (exact) mass is 430 g/mol. The minimum absolute atomic E-state index is 0.220. The molecule has 1 aliphatic rings. The fourth-order valence-electron chi connectivity index (χ4n) is 3.50. The number of carbonyl (C=O) groups is 1. The Kier molecular flexibility index (Phi) is 7.15. The number of para-hydroxylation sites is 1. The number of carbonyl (C=O) groups excluding carboxylic acids is 1. The molecule has 30 heavy (non-hydrogen) atoms. The Balaban J connectivity index is 1.57. The average Bonchev–Trinajstić information content (AvgIpc) is 3.28. The van der Waals surface area contributed by atoms with Gasteiger partial charge >= 0.3 is 0 Å². The van der Waals surface area contributed by atoms with E-state index in [-0.39, 0.29) is 5.91 Å². The number of amides is 1. The lowest BCUT2D eigenvalue weighted by atomic mass is 10.0. The summed E-state index contributed by atoms with van der Waals surface area (Å²) in [5, 5.41) is 2.86. The fourth-order valence-corrected chi connectivity index (χ4v) is 5.02. The Hall–Kier alpha value is -2.38. The second kappa shape index (κ2) is 9.62. The topological polar surface area (TPSA) is 75.7 Å². The summed E-state index contributed by atoms with van der Waals surface area (Å²) >= 11 is 0. The highest BCUT2D eigenvalue weighted by Crippen LogP contribution is 2.26. The predicted octanol–water partition coefficient (Wildman–Crippen LogP) is 3.68. The average molecular weight is 431 g/mol. The van der Waals surface area contributed by atoms with E-state index in [9.17, 15) is 13.2 Å². The van der Waals surface area contributed by atoms with Crippen LogP contribution in [0.15, 0.2) is 53.4 Å². The van der Waals surface area contributed by atoms with Gasteiger partial charge in [0, 0.05) is 19.6 Å². The van der Waals surface area contributed by atoms with Crippen molar-refractivity contribution in [2.45, 2.75) is 57.1 Å². The van der Waals surface area contributed by atoms with Crippen molar-refractivity contribution in [1.82, 2.24) is 9.62 Å². The van der Waals surface area contributed by atoms with E-state index < -0.39 is 16.1 Å². The third-order valence-corrected chi connectivity index (χ3v) is 7.22. The predicted molar refractivity (Wildman–Crippen MR) is 117 cm³/mol. The third-order valence-electron chi connectivity index (χ3n) is 5.31. The number of nitrogens with one attached hydrogen (secondary N) is 1. The van der Waals surface area contributed by atoms with Crippen LogP contribution in [0.5, 0.6) is 5.75 Å². The summed E-state index contributed by atoms with van der Waals surface area (Å²) in [6.07, 6.45) is 1.18. The summed E-state index contributed by atoms with van der Waals surface area (Å²) in [5.74, 6) is 0.792. The molecule has 1 amide bonds. The molecular formula is C23H30N2O4S. The summed E-state index contributed by atoms with van der Waals surface area (Å²) in [5.41, 5.74) is 1.89. The highest BCUT2D eigenvalue weighted by molar-refractivity contribution is 7.89. The van der Waals surface area contributed by atoms with E-state index in [0.717, 1.165) is 24.0 Å². The summed E-state index contributed by atoms with van der Waals surface area (Å²) in [4.78, 5) is 12.8. The zero-order chi connectivity index (χ0) is 21.7. The molecule has 1 unspecified atom stereocenters. The van der Waals surface area contributed by atoms with E-state index in [1.165, 1.54) is 4.31 Å². The lowest BCUT2D eigenvalue weighted by Crippen LogP contribution is -2.36. The van der Waals surface area contributed by atoms with Gasteiger partial charge in [0.15, 0.2) is 6.10 Å². The number of hydrogen-bond acceptors (Lipinski definition) is 4. The highest BCUT2D eigenvalue weighted by atomic mass is 32.2. The van der Waals surface area contributed by atoms with Gasteiger partial charge in [0.05, 0.1) is 4.90 Å². The molecule has 1 heterocycles. The van der Waals surface area contributed by atoms with E-state index >= 15 is 0 Å². The van der Waals surface area contributed by atoms with E-state index in [1.807, 2.05) is 24.3 Å². The van der Waals surface area contributed by atoms with Crippen LogP contribution >= 0.6 is 0 Å². The molecule has 2 aromatic carbocycles. The molecule has 0 aromatic heterocycles. The summed E-state index contributed by atoms with van der Waals surface area (Å²) in [6.45, 7) is 7.36. The van der Waals surface area contributed by atoms with Crippen LogP contribution in [0, 0.1) is 0 Å². The van der Waals surface area contributed by atoms with E-state index in [2.05, 4.69) is 19.2 Å². The molecule has 0 bridgehead atoms. The second-order valence-electron chi connectivity index (χ2n) is 7.93. The lowest BCUT2D eigenvalue weighted by Gasteiger charge is -2.19. The van der Waals surface area contributed by atoms with Gasteiger partial charge in [-0.1, -0.05) is 44.2 Å². The van der Waals surface area contributed by atoms with Gasteiger partial charge in [0.2, 0.25) is 10.0 Å². The molecule has 1 atom stereocenters. The number of nitrogens with zero attached hydrogens (tertiary/aromatic N) is 1. The largest absolute Gasteiger partial charge is 0.481 e. The van der Waals surface area contributed by atoms with Crippen molar-refractivity contribution >= 4 is 15.9 Å². The Morgan fingerprint density at radius 1 is 1.03 bits per heavy atom. The van der Waals surface area contributed by atoms with Crippen LogP contribution in [0.2, 0.25) is 0 Å². The maximum atomic E-state index is 12.6. The third kappa shape index (κ3) is 5.21. The minimum atomic E-state index is -3.42. The molecule has 1 fully saturated rings. The summed E-state index contributed by atoms with van der Waals surface area (Å²) in [6, 6.07) is 14.4. The van der Waals surface area contributed by atoms with Gasteiger partial charge in [-0.25, -0.2) is 8.42 Å². The molecule has 6 nitrogen and oxygen atoms in total. The molecule has 3 rings (SSSR count). The number of hydrogen-bond donors (Lipinski definition) is 1. The molecule has 0 aliphatic carbocycles. The van der Waals surface area contributed by atoms with Crippen molar-refractivity contribution in [3.8, 4) is 5.75 Å². The fraction of sp³-hybridized carbons (Fsp3) is 0.435. The van der Waals surface area contributed by atoms with Gasteiger partial charge in [-0.15, -0.1) is 0 Å². The standard InChI is InChI=1S/C23H30N2O4S/c1-17(2)21-8-4-5-9-22(21)29-18(3)23(26)24-16-19-10-12-20(13-11-19)30(27,28)25-14-6-7-15-25/h4-5,8-13,17-18H,6-7,14-16H2,1-3H3,(H,24,26). The van der Waals surface area contributed by atoms with Gasteiger partial charge in [-0.3, -0.25) is 4.79 Å². The SMILES string of the molecule is CC(Oc1ccccc1C(C)C)C(=O)NCc1ccc(S(=O)(=O)N2CCCC2)cc1. The maximum absolute atomic E-state index is 12.6. The number of rotatable bonds is 8. The van der Waals surface area contributed by atoms with Crippen molar-refractivity contribution in [3.63, 3.8) is 0 Å². The molecule has 0 radical (unpaired) electrons. The van der Waals surface area contributed by atoms with Gasteiger partial charge in [-0.05, 0) is 55.0 Å². The van der Waals surface area contributed by atoms with Crippen molar-refractivity contribution in [2.24, 2.45) is 0 Å². The molecule has 7 heteroatoms. The van der Waals surface area contributed by atoms with Crippen LogP contribution in [0.1, 0.15) is 50.7 Å².